The van der Waals surface area contributed by atoms with Crippen molar-refractivity contribution < 1.29 is 0 Å². The van der Waals surface area contributed by atoms with Gasteiger partial charge in [-0.2, -0.15) is 0 Å². The summed E-state index contributed by atoms with van der Waals surface area (Å²) in [6, 6.07) is 0. The third-order valence-electron chi connectivity index (χ3n) is 4.19. The SMILES string of the molecule is CC1CCC(C)(I)CC(C)(C)CCC(C)(N)C1. The minimum Gasteiger partial charge on any atom is -0.325 e. The van der Waals surface area contributed by atoms with Gasteiger partial charge in [-0.1, -0.05) is 50.3 Å². The van der Waals surface area contributed by atoms with Crippen molar-refractivity contribution in [3.05, 3.63) is 0 Å². The van der Waals surface area contributed by atoms with E-state index in [1.165, 1.54) is 32.1 Å². The van der Waals surface area contributed by atoms with Crippen molar-refractivity contribution in [1.29, 1.82) is 0 Å². The fraction of sp³-hybridized carbons (Fsp3) is 1.00. The van der Waals surface area contributed by atoms with E-state index in [2.05, 4.69) is 57.2 Å². The van der Waals surface area contributed by atoms with Gasteiger partial charge in [-0.05, 0) is 56.8 Å². The van der Waals surface area contributed by atoms with E-state index in [4.69, 9.17) is 5.73 Å². The summed E-state index contributed by atoms with van der Waals surface area (Å²) in [5, 5.41) is 0. The second-order valence-electron chi connectivity index (χ2n) is 7.76. The Hall–Kier alpha value is 0.690. The fourth-order valence-corrected chi connectivity index (χ4v) is 4.69. The van der Waals surface area contributed by atoms with E-state index in [9.17, 15) is 0 Å². The zero-order valence-corrected chi connectivity index (χ0v) is 14.4. The predicted molar refractivity (Wildman–Crippen MR) is 85.7 cm³/mol. The van der Waals surface area contributed by atoms with Crippen molar-refractivity contribution in [2.24, 2.45) is 17.1 Å². The smallest absolute Gasteiger partial charge is 0.0199 e. The van der Waals surface area contributed by atoms with Crippen LogP contribution in [0.3, 0.4) is 0 Å². The Balaban J connectivity index is 2.78. The summed E-state index contributed by atoms with van der Waals surface area (Å²) in [4.78, 5) is 0. The van der Waals surface area contributed by atoms with Crippen LogP contribution in [0.1, 0.15) is 73.1 Å². The molecule has 1 rings (SSSR count). The Morgan fingerprint density at radius 1 is 1.06 bits per heavy atom. The summed E-state index contributed by atoms with van der Waals surface area (Å²) in [6.45, 7) is 11.8. The van der Waals surface area contributed by atoms with E-state index in [0.717, 1.165) is 12.3 Å². The van der Waals surface area contributed by atoms with Crippen LogP contribution in [0.25, 0.3) is 0 Å². The molecular weight excluding hydrogens is 321 g/mol. The molecule has 3 atom stereocenters. The summed E-state index contributed by atoms with van der Waals surface area (Å²) >= 11 is 2.68. The number of halogens is 1. The van der Waals surface area contributed by atoms with E-state index >= 15 is 0 Å². The number of hydrogen-bond donors (Lipinski definition) is 1. The molecule has 1 fully saturated rings. The Morgan fingerprint density at radius 2 is 1.65 bits per heavy atom. The molecule has 2 heteroatoms. The molecule has 2 N–H and O–H groups in total. The van der Waals surface area contributed by atoms with Crippen LogP contribution in [0, 0.1) is 11.3 Å². The minimum atomic E-state index is 0.0374. The van der Waals surface area contributed by atoms with E-state index in [1.54, 1.807) is 0 Å². The molecule has 1 nitrogen and oxygen atoms in total. The normalized spacial score (nSPS) is 44.3. The van der Waals surface area contributed by atoms with E-state index in [0.29, 0.717) is 8.84 Å². The van der Waals surface area contributed by atoms with Crippen LogP contribution in [0.4, 0.5) is 0 Å². The molecule has 0 spiro atoms. The van der Waals surface area contributed by atoms with Gasteiger partial charge in [0.15, 0.2) is 0 Å². The number of hydrogen-bond acceptors (Lipinski definition) is 1. The van der Waals surface area contributed by atoms with Gasteiger partial charge in [0.25, 0.3) is 0 Å². The summed E-state index contributed by atoms with van der Waals surface area (Å²) in [5.41, 5.74) is 6.91. The lowest BCUT2D eigenvalue weighted by Crippen LogP contribution is -2.40. The molecule has 0 aliphatic heterocycles. The second-order valence-corrected chi connectivity index (χ2v) is 10.4. The van der Waals surface area contributed by atoms with Crippen LogP contribution >= 0.6 is 22.6 Å². The van der Waals surface area contributed by atoms with Gasteiger partial charge in [-0.3, -0.25) is 0 Å². The highest BCUT2D eigenvalue weighted by Gasteiger charge is 2.34. The van der Waals surface area contributed by atoms with Gasteiger partial charge >= 0.3 is 0 Å². The van der Waals surface area contributed by atoms with Crippen LogP contribution in [0.5, 0.6) is 0 Å². The first-order valence-electron chi connectivity index (χ1n) is 6.99. The summed E-state index contributed by atoms with van der Waals surface area (Å²) in [6.07, 6.45) is 7.55. The highest BCUT2D eigenvalue weighted by Crippen LogP contribution is 2.43. The lowest BCUT2D eigenvalue weighted by Gasteiger charge is -2.39. The molecule has 0 amide bonds. The molecule has 0 aromatic carbocycles. The maximum atomic E-state index is 6.44. The highest BCUT2D eigenvalue weighted by molar-refractivity contribution is 14.1. The van der Waals surface area contributed by atoms with Crippen molar-refractivity contribution in [2.75, 3.05) is 0 Å². The van der Waals surface area contributed by atoms with Crippen molar-refractivity contribution in [3.63, 3.8) is 0 Å². The molecule has 0 aromatic rings. The van der Waals surface area contributed by atoms with Gasteiger partial charge in [0.1, 0.15) is 0 Å². The summed E-state index contributed by atoms with van der Waals surface area (Å²) in [7, 11) is 0. The standard InChI is InChI=1S/C15H30IN/c1-12-6-7-14(4,16)11-13(2,3)8-9-15(5,17)10-12/h12H,6-11,17H2,1-5H3. The van der Waals surface area contributed by atoms with Gasteiger partial charge in [-0.15, -0.1) is 0 Å². The van der Waals surface area contributed by atoms with Gasteiger partial charge < -0.3 is 5.73 Å². The minimum absolute atomic E-state index is 0.0374. The van der Waals surface area contributed by atoms with Gasteiger partial charge in [0.05, 0.1) is 0 Å². The molecule has 1 saturated carbocycles. The lowest BCUT2D eigenvalue weighted by molar-refractivity contribution is 0.202. The number of nitrogens with two attached hydrogens (primary N) is 1. The third kappa shape index (κ3) is 5.91. The van der Waals surface area contributed by atoms with Crippen molar-refractivity contribution in [3.8, 4) is 0 Å². The first-order valence-corrected chi connectivity index (χ1v) is 8.07. The molecule has 1 aliphatic rings. The molecule has 17 heavy (non-hydrogen) atoms. The molecule has 3 unspecified atom stereocenters. The molecule has 0 aromatic heterocycles. The first-order chi connectivity index (χ1) is 7.52. The van der Waals surface area contributed by atoms with Crippen LogP contribution in [-0.4, -0.2) is 8.96 Å². The molecule has 1 aliphatic carbocycles. The van der Waals surface area contributed by atoms with E-state index in [1.807, 2.05) is 0 Å². The summed E-state index contributed by atoms with van der Waals surface area (Å²) < 4.78 is 0.456. The predicted octanol–water partition coefficient (Wildman–Crippen LogP) is 4.91. The van der Waals surface area contributed by atoms with Gasteiger partial charge in [-0.25, -0.2) is 0 Å². The average Bonchev–Trinajstić information content (AvgIpc) is 2.09. The van der Waals surface area contributed by atoms with Crippen molar-refractivity contribution in [2.45, 2.75) is 82.1 Å². The van der Waals surface area contributed by atoms with E-state index < -0.39 is 0 Å². The van der Waals surface area contributed by atoms with Crippen molar-refractivity contribution >= 4 is 22.6 Å². The molecule has 0 bridgehead atoms. The second kappa shape index (κ2) is 5.36. The Morgan fingerprint density at radius 3 is 2.24 bits per heavy atom. The number of rotatable bonds is 0. The van der Waals surface area contributed by atoms with Crippen LogP contribution in [-0.2, 0) is 0 Å². The average molecular weight is 351 g/mol. The van der Waals surface area contributed by atoms with Crippen LogP contribution in [0.15, 0.2) is 0 Å². The summed E-state index contributed by atoms with van der Waals surface area (Å²) in [5.74, 6) is 0.764. The molecular formula is C15H30IN. The molecule has 0 saturated heterocycles. The Bertz CT molecular complexity index is 256. The number of alkyl halides is 1. The topological polar surface area (TPSA) is 26.0 Å². The molecule has 0 radical (unpaired) electrons. The lowest BCUT2D eigenvalue weighted by atomic mass is 9.72. The Kier molecular flexibility index (Phi) is 4.96. The van der Waals surface area contributed by atoms with Crippen molar-refractivity contribution in [1.82, 2.24) is 0 Å². The Labute approximate surface area is 121 Å². The molecule has 0 heterocycles. The third-order valence-corrected chi connectivity index (χ3v) is 5.11. The van der Waals surface area contributed by atoms with E-state index in [-0.39, 0.29) is 5.54 Å². The monoisotopic (exact) mass is 351 g/mol. The highest BCUT2D eigenvalue weighted by atomic mass is 127. The zero-order chi connectivity index (χ0) is 13.3. The largest absolute Gasteiger partial charge is 0.325 e. The fourth-order valence-electron chi connectivity index (χ4n) is 3.35. The first kappa shape index (κ1) is 15.7. The zero-order valence-electron chi connectivity index (χ0n) is 12.3. The van der Waals surface area contributed by atoms with Crippen LogP contribution < -0.4 is 5.73 Å². The van der Waals surface area contributed by atoms with Crippen LogP contribution in [0.2, 0.25) is 0 Å². The maximum absolute atomic E-state index is 6.44. The quantitative estimate of drug-likeness (QED) is 0.487. The maximum Gasteiger partial charge on any atom is 0.0199 e. The molecule has 102 valence electrons. The van der Waals surface area contributed by atoms with Gasteiger partial charge in [0.2, 0.25) is 0 Å². The van der Waals surface area contributed by atoms with Gasteiger partial charge in [0, 0.05) is 8.96 Å².